The minimum atomic E-state index is -0.833. The normalized spacial score (nSPS) is 12.1. The zero-order valence-corrected chi connectivity index (χ0v) is 18.8. The van der Waals surface area contributed by atoms with Crippen LogP contribution in [0.4, 0.5) is 4.79 Å². The molecule has 0 unspecified atom stereocenters. The summed E-state index contributed by atoms with van der Waals surface area (Å²) in [7, 11) is 3.11. The summed E-state index contributed by atoms with van der Waals surface area (Å²) in [4.78, 5) is 25.6. The predicted octanol–water partition coefficient (Wildman–Crippen LogP) is 4.79. The van der Waals surface area contributed by atoms with Gasteiger partial charge in [-0.1, -0.05) is 28.1 Å². The number of amides is 1. The van der Waals surface area contributed by atoms with Gasteiger partial charge in [0.25, 0.3) is 0 Å². The van der Waals surface area contributed by atoms with E-state index in [9.17, 15) is 9.59 Å². The zero-order chi connectivity index (χ0) is 21.6. The minimum Gasteiger partial charge on any atom is -0.497 e. The lowest BCUT2D eigenvalue weighted by Crippen LogP contribution is -2.44. The average molecular weight is 464 g/mol. The zero-order valence-electron chi connectivity index (χ0n) is 17.2. The van der Waals surface area contributed by atoms with Gasteiger partial charge >= 0.3 is 6.09 Å². The molecule has 0 saturated carbocycles. The van der Waals surface area contributed by atoms with Crippen LogP contribution < -0.4 is 14.8 Å². The Hall–Kier alpha value is -2.54. The van der Waals surface area contributed by atoms with Gasteiger partial charge in [0.15, 0.2) is 5.78 Å². The maximum absolute atomic E-state index is 13.2. The van der Waals surface area contributed by atoms with Gasteiger partial charge < -0.3 is 19.5 Å². The first-order valence-corrected chi connectivity index (χ1v) is 9.92. The van der Waals surface area contributed by atoms with Crippen LogP contribution in [-0.2, 0) is 11.2 Å². The topological polar surface area (TPSA) is 73.9 Å². The molecule has 2 rings (SSSR count). The number of benzene rings is 2. The molecule has 6 nitrogen and oxygen atoms in total. The fourth-order valence-corrected chi connectivity index (χ4v) is 3.10. The number of ketones is 1. The fourth-order valence-electron chi connectivity index (χ4n) is 2.69. The van der Waals surface area contributed by atoms with Crippen LogP contribution in [0.3, 0.4) is 0 Å². The highest BCUT2D eigenvalue weighted by molar-refractivity contribution is 9.10. The predicted molar refractivity (Wildman–Crippen MR) is 115 cm³/mol. The van der Waals surface area contributed by atoms with E-state index in [1.54, 1.807) is 52.1 Å². The number of ether oxygens (including phenoxy) is 3. The molecule has 0 bridgehead atoms. The number of carbonyl (C=O) groups is 2. The lowest BCUT2D eigenvalue weighted by Gasteiger charge is -2.23. The SMILES string of the molecule is COc1cccc(C(=O)[C@H](Cc2cc(OC)ccc2Br)NC(=O)OC(C)(C)C)c1. The molecule has 0 aliphatic heterocycles. The maximum atomic E-state index is 13.2. The van der Waals surface area contributed by atoms with Crippen molar-refractivity contribution >= 4 is 27.8 Å². The molecule has 0 heterocycles. The summed E-state index contributed by atoms with van der Waals surface area (Å²) in [5, 5.41) is 2.71. The Morgan fingerprint density at radius 3 is 2.31 bits per heavy atom. The molecule has 0 aliphatic carbocycles. The first-order valence-electron chi connectivity index (χ1n) is 9.13. The Kier molecular flexibility index (Phi) is 7.67. The summed E-state index contributed by atoms with van der Waals surface area (Å²) >= 11 is 3.50. The molecule has 0 spiro atoms. The third kappa shape index (κ3) is 6.78. The highest BCUT2D eigenvalue weighted by Gasteiger charge is 2.26. The van der Waals surface area contributed by atoms with Crippen LogP contribution in [0.5, 0.6) is 11.5 Å². The van der Waals surface area contributed by atoms with Crippen LogP contribution in [0.2, 0.25) is 0 Å². The molecule has 7 heteroatoms. The fraction of sp³-hybridized carbons (Fsp3) is 0.364. The van der Waals surface area contributed by atoms with Crippen LogP contribution in [0.15, 0.2) is 46.9 Å². The standard InChI is InChI=1S/C22H26BrNO5/c1-22(2,3)29-21(26)24-19(13-15-12-17(28-5)9-10-18(15)23)20(25)14-7-6-8-16(11-14)27-4/h6-12,19H,13H2,1-5H3,(H,24,26)/t19-/m0/s1. The summed E-state index contributed by atoms with van der Waals surface area (Å²) < 4.78 is 16.7. The van der Waals surface area contributed by atoms with Crippen LogP contribution in [0, 0.1) is 0 Å². The van der Waals surface area contributed by atoms with Gasteiger partial charge in [-0.25, -0.2) is 4.79 Å². The van der Waals surface area contributed by atoms with E-state index in [-0.39, 0.29) is 12.2 Å². The van der Waals surface area contributed by atoms with Crippen molar-refractivity contribution in [1.82, 2.24) is 5.32 Å². The molecule has 0 saturated heterocycles. The molecule has 2 aromatic carbocycles. The lowest BCUT2D eigenvalue weighted by molar-refractivity contribution is 0.0491. The van der Waals surface area contributed by atoms with E-state index in [2.05, 4.69) is 21.2 Å². The van der Waals surface area contributed by atoms with Gasteiger partial charge in [-0.05, 0) is 56.7 Å². The van der Waals surface area contributed by atoms with Gasteiger partial charge in [0.2, 0.25) is 0 Å². The minimum absolute atomic E-state index is 0.246. The van der Waals surface area contributed by atoms with Gasteiger partial charge in [0.05, 0.1) is 20.3 Å². The maximum Gasteiger partial charge on any atom is 0.408 e. The van der Waals surface area contributed by atoms with E-state index in [1.165, 1.54) is 7.11 Å². The van der Waals surface area contributed by atoms with Crippen LogP contribution in [-0.4, -0.2) is 37.7 Å². The van der Waals surface area contributed by atoms with Crippen LogP contribution >= 0.6 is 15.9 Å². The molecule has 0 radical (unpaired) electrons. The third-order valence-electron chi connectivity index (χ3n) is 4.04. The van der Waals surface area contributed by atoms with Crippen molar-refractivity contribution in [1.29, 1.82) is 0 Å². The van der Waals surface area contributed by atoms with Crippen LogP contribution in [0.1, 0.15) is 36.7 Å². The Morgan fingerprint density at radius 1 is 1.03 bits per heavy atom. The smallest absolute Gasteiger partial charge is 0.408 e. The summed E-state index contributed by atoms with van der Waals surface area (Å²) in [5.41, 5.74) is 0.579. The van der Waals surface area contributed by atoms with Gasteiger partial charge in [0.1, 0.15) is 17.1 Å². The summed E-state index contributed by atoms with van der Waals surface area (Å²) in [6.45, 7) is 5.30. The first kappa shape index (κ1) is 22.7. The Labute approximate surface area is 179 Å². The van der Waals surface area contributed by atoms with E-state index < -0.39 is 17.7 Å². The Bertz CT molecular complexity index is 876. The van der Waals surface area contributed by atoms with Gasteiger partial charge in [0, 0.05) is 16.5 Å². The molecule has 0 fully saturated rings. The lowest BCUT2D eigenvalue weighted by atomic mass is 9.97. The van der Waals surface area contributed by atoms with Crippen LogP contribution in [0.25, 0.3) is 0 Å². The van der Waals surface area contributed by atoms with Crippen molar-refractivity contribution in [2.24, 2.45) is 0 Å². The van der Waals surface area contributed by atoms with E-state index >= 15 is 0 Å². The second-order valence-corrected chi connectivity index (χ2v) is 8.31. The molecule has 0 aliphatic rings. The van der Waals surface area contributed by atoms with Crippen molar-refractivity contribution < 1.29 is 23.8 Å². The Balaban J connectivity index is 2.34. The second-order valence-electron chi connectivity index (χ2n) is 7.46. The molecule has 1 atom stereocenters. The monoisotopic (exact) mass is 463 g/mol. The number of halogens is 1. The molecular formula is C22H26BrNO5. The van der Waals surface area contributed by atoms with E-state index in [1.807, 2.05) is 18.2 Å². The largest absolute Gasteiger partial charge is 0.497 e. The summed E-state index contributed by atoms with van der Waals surface area (Å²) in [6, 6.07) is 11.5. The number of rotatable bonds is 7. The third-order valence-corrected chi connectivity index (χ3v) is 4.81. The number of hydrogen-bond donors (Lipinski definition) is 1. The Morgan fingerprint density at radius 2 is 1.69 bits per heavy atom. The quantitative estimate of drug-likeness (QED) is 0.597. The number of nitrogens with one attached hydrogen (secondary N) is 1. The van der Waals surface area contributed by atoms with Gasteiger partial charge in [-0.3, -0.25) is 4.79 Å². The number of Topliss-reactive ketones (excluding diaryl/α,β-unsaturated/α-hetero) is 1. The average Bonchev–Trinajstić information content (AvgIpc) is 2.67. The van der Waals surface area contributed by atoms with Gasteiger partial charge in [-0.15, -0.1) is 0 Å². The highest BCUT2D eigenvalue weighted by Crippen LogP contribution is 2.25. The second kappa shape index (κ2) is 9.78. The molecule has 1 amide bonds. The molecule has 1 N–H and O–H groups in total. The van der Waals surface area contributed by atoms with E-state index in [4.69, 9.17) is 14.2 Å². The van der Waals surface area contributed by atoms with E-state index in [0.29, 0.717) is 17.1 Å². The van der Waals surface area contributed by atoms with Crippen molar-refractivity contribution in [3.8, 4) is 11.5 Å². The first-order chi connectivity index (χ1) is 13.6. The molecule has 2 aromatic rings. The summed E-state index contributed by atoms with van der Waals surface area (Å²) in [5.74, 6) is 0.979. The summed E-state index contributed by atoms with van der Waals surface area (Å²) in [6.07, 6.45) is -0.398. The molecule has 156 valence electrons. The number of alkyl carbamates (subject to hydrolysis) is 1. The number of carbonyl (C=O) groups excluding carboxylic acids is 2. The van der Waals surface area contributed by atoms with Gasteiger partial charge in [-0.2, -0.15) is 0 Å². The molecule has 29 heavy (non-hydrogen) atoms. The number of hydrogen-bond acceptors (Lipinski definition) is 5. The number of methoxy groups -OCH3 is 2. The van der Waals surface area contributed by atoms with Crippen molar-refractivity contribution in [3.63, 3.8) is 0 Å². The highest BCUT2D eigenvalue weighted by atomic mass is 79.9. The van der Waals surface area contributed by atoms with E-state index in [0.717, 1.165) is 10.0 Å². The van der Waals surface area contributed by atoms with Crippen molar-refractivity contribution in [2.45, 2.75) is 38.8 Å². The van der Waals surface area contributed by atoms with Crippen molar-refractivity contribution in [2.75, 3.05) is 14.2 Å². The van der Waals surface area contributed by atoms with Crippen molar-refractivity contribution in [3.05, 3.63) is 58.1 Å². The molecule has 0 aromatic heterocycles. The molecular weight excluding hydrogens is 438 g/mol.